The molecular weight excluding hydrogens is 599 g/mol. The molecule has 0 aliphatic carbocycles. The number of β-amino-alcohol motifs (C(OH)–C–C–N with tert-alkyl or cyclic N) is 1. The van der Waals surface area contributed by atoms with Crippen LogP contribution in [0.4, 0.5) is 11.6 Å². The van der Waals surface area contributed by atoms with E-state index in [1.165, 1.54) is 0 Å². The van der Waals surface area contributed by atoms with Crippen molar-refractivity contribution in [3.63, 3.8) is 0 Å². The molecule has 1 unspecified atom stereocenters. The zero-order chi connectivity index (χ0) is 31.0. The van der Waals surface area contributed by atoms with Crippen molar-refractivity contribution in [3.8, 4) is 44.6 Å². The summed E-state index contributed by atoms with van der Waals surface area (Å²) in [5.41, 5.74) is 6.34. The molecule has 3 heterocycles. The number of nitriles is 1. The van der Waals surface area contributed by atoms with E-state index in [1.807, 2.05) is 60.9 Å². The summed E-state index contributed by atoms with van der Waals surface area (Å²) in [4.78, 5) is 12.6. The van der Waals surface area contributed by atoms with Gasteiger partial charge in [-0.05, 0) is 73.0 Å². The van der Waals surface area contributed by atoms with Gasteiger partial charge in [0, 0.05) is 36.6 Å². The van der Waals surface area contributed by atoms with Gasteiger partial charge >= 0.3 is 0 Å². The van der Waals surface area contributed by atoms with Gasteiger partial charge in [-0.1, -0.05) is 54.6 Å². The van der Waals surface area contributed by atoms with E-state index in [0.717, 1.165) is 87.4 Å². The fourth-order valence-electron chi connectivity index (χ4n) is 5.65. The van der Waals surface area contributed by atoms with Crippen molar-refractivity contribution in [2.75, 3.05) is 37.8 Å². The van der Waals surface area contributed by atoms with Gasteiger partial charge in [0.2, 0.25) is 5.95 Å². The SMILES string of the molecule is CSc1sc(-c2ccnc(Nc3cccc(OCCCN4CCCC(O)C4)c3)n2)c(-c2cccc(-c3ccccc3)c2)c1C#N. The summed E-state index contributed by atoms with van der Waals surface area (Å²) in [6.07, 6.45) is 6.39. The van der Waals surface area contributed by atoms with Crippen LogP contribution in [0, 0.1) is 11.3 Å². The van der Waals surface area contributed by atoms with Gasteiger partial charge in [0.1, 0.15) is 11.8 Å². The van der Waals surface area contributed by atoms with Gasteiger partial charge in [-0.15, -0.1) is 23.1 Å². The Balaban J connectivity index is 1.21. The summed E-state index contributed by atoms with van der Waals surface area (Å²) in [5, 5.41) is 23.5. The second kappa shape index (κ2) is 14.7. The first kappa shape index (κ1) is 30.8. The summed E-state index contributed by atoms with van der Waals surface area (Å²) >= 11 is 3.16. The fraction of sp³-hybridized carbons (Fsp3) is 0.250. The molecule has 45 heavy (non-hydrogen) atoms. The van der Waals surface area contributed by atoms with E-state index in [0.29, 0.717) is 18.1 Å². The zero-order valence-corrected chi connectivity index (χ0v) is 26.8. The number of aliphatic hydroxyl groups excluding tert-OH is 1. The van der Waals surface area contributed by atoms with Crippen LogP contribution in [0.5, 0.6) is 5.75 Å². The Morgan fingerprint density at radius 1 is 1.04 bits per heavy atom. The number of aromatic nitrogens is 2. The van der Waals surface area contributed by atoms with Gasteiger partial charge in [0.15, 0.2) is 0 Å². The monoisotopic (exact) mass is 633 g/mol. The van der Waals surface area contributed by atoms with E-state index in [2.05, 4.69) is 51.6 Å². The minimum absolute atomic E-state index is 0.207. The molecule has 2 aromatic heterocycles. The van der Waals surface area contributed by atoms with E-state index < -0.39 is 0 Å². The molecule has 5 aromatic rings. The number of hydrogen-bond donors (Lipinski definition) is 2. The maximum Gasteiger partial charge on any atom is 0.227 e. The third-order valence-electron chi connectivity index (χ3n) is 7.78. The minimum atomic E-state index is -0.207. The number of likely N-dealkylation sites (tertiary alicyclic amines) is 1. The maximum atomic E-state index is 10.2. The topological polar surface area (TPSA) is 94.3 Å². The highest BCUT2D eigenvalue weighted by molar-refractivity contribution is 8.00. The first-order chi connectivity index (χ1) is 22.1. The number of aliphatic hydroxyl groups is 1. The van der Waals surface area contributed by atoms with Crippen molar-refractivity contribution >= 4 is 34.7 Å². The Morgan fingerprint density at radius 3 is 2.69 bits per heavy atom. The number of benzene rings is 3. The van der Waals surface area contributed by atoms with Gasteiger partial charge in [-0.2, -0.15) is 5.26 Å². The number of nitrogens with zero attached hydrogens (tertiary/aromatic N) is 4. The van der Waals surface area contributed by atoms with E-state index in [4.69, 9.17) is 9.72 Å². The molecule has 1 atom stereocenters. The molecule has 0 spiro atoms. The largest absolute Gasteiger partial charge is 0.493 e. The Morgan fingerprint density at radius 2 is 1.87 bits per heavy atom. The summed E-state index contributed by atoms with van der Waals surface area (Å²) < 4.78 is 7.00. The second-order valence-corrected chi connectivity index (χ2v) is 13.0. The molecule has 0 radical (unpaired) electrons. The number of anilines is 2. The first-order valence-corrected chi connectivity index (χ1v) is 17.2. The van der Waals surface area contributed by atoms with Gasteiger partial charge in [-0.3, -0.25) is 0 Å². The van der Waals surface area contributed by atoms with Gasteiger partial charge in [-0.25, -0.2) is 9.97 Å². The normalized spacial score (nSPS) is 15.0. The fourth-order valence-corrected chi connectivity index (χ4v) is 7.56. The summed E-state index contributed by atoms with van der Waals surface area (Å²) in [7, 11) is 0. The average Bonchev–Trinajstić information content (AvgIpc) is 3.47. The minimum Gasteiger partial charge on any atom is -0.493 e. The van der Waals surface area contributed by atoms with E-state index in [1.54, 1.807) is 29.3 Å². The summed E-state index contributed by atoms with van der Waals surface area (Å²) in [6.45, 7) is 3.32. The van der Waals surface area contributed by atoms with Crippen LogP contribution in [0.1, 0.15) is 24.8 Å². The molecule has 0 bridgehead atoms. The molecule has 2 N–H and O–H groups in total. The molecule has 9 heteroatoms. The highest BCUT2D eigenvalue weighted by Gasteiger charge is 2.22. The number of rotatable bonds is 11. The van der Waals surface area contributed by atoms with Gasteiger partial charge in [0.25, 0.3) is 0 Å². The molecule has 0 saturated carbocycles. The van der Waals surface area contributed by atoms with Crippen LogP contribution in [0.3, 0.4) is 0 Å². The highest BCUT2D eigenvalue weighted by Crippen LogP contribution is 2.46. The Kier molecular flexibility index (Phi) is 10.1. The molecule has 3 aromatic carbocycles. The standard InChI is InChI=1S/C36H35N5O2S2/c1-44-35-31(23-37)33(27-12-5-11-26(21-27)25-9-3-2-4-10-25)34(45-35)32-16-17-38-36(40-32)39-28-13-6-15-30(22-28)43-20-8-19-41-18-7-14-29(42)24-41/h2-6,9-13,15-17,21-22,29,42H,7-8,14,18-20,24H2,1H3,(H,38,39,40). The van der Waals surface area contributed by atoms with Crippen molar-refractivity contribution in [1.29, 1.82) is 5.26 Å². The Labute approximate surface area is 272 Å². The van der Waals surface area contributed by atoms with Crippen LogP contribution in [0.15, 0.2) is 95.3 Å². The number of nitrogens with one attached hydrogen (secondary N) is 1. The highest BCUT2D eigenvalue weighted by atomic mass is 32.2. The quantitative estimate of drug-likeness (QED) is 0.111. The van der Waals surface area contributed by atoms with Crippen molar-refractivity contribution in [2.45, 2.75) is 29.6 Å². The number of ether oxygens (including phenoxy) is 1. The lowest BCUT2D eigenvalue weighted by Crippen LogP contribution is -2.39. The van der Waals surface area contributed by atoms with Gasteiger partial charge < -0.3 is 20.1 Å². The van der Waals surface area contributed by atoms with Crippen LogP contribution in [-0.2, 0) is 0 Å². The van der Waals surface area contributed by atoms with Crippen molar-refractivity contribution in [3.05, 3.63) is 96.7 Å². The van der Waals surface area contributed by atoms with Crippen LogP contribution in [-0.4, -0.2) is 58.6 Å². The lowest BCUT2D eigenvalue weighted by molar-refractivity contribution is 0.0679. The molecular formula is C36H35N5O2S2. The average molecular weight is 634 g/mol. The van der Waals surface area contributed by atoms with Crippen molar-refractivity contribution in [1.82, 2.24) is 14.9 Å². The number of hydrogen-bond acceptors (Lipinski definition) is 9. The predicted octanol–water partition coefficient (Wildman–Crippen LogP) is 8.10. The van der Waals surface area contributed by atoms with Crippen LogP contribution in [0.25, 0.3) is 32.8 Å². The van der Waals surface area contributed by atoms with Crippen LogP contribution < -0.4 is 10.1 Å². The second-order valence-electron chi connectivity index (χ2n) is 10.9. The lowest BCUT2D eigenvalue weighted by atomic mass is 9.96. The summed E-state index contributed by atoms with van der Waals surface area (Å²) in [6, 6.07) is 30.8. The molecule has 1 fully saturated rings. The first-order valence-electron chi connectivity index (χ1n) is 15.1. The smallest absolute Gasteiger partial charge is 0.227 e. The molecule has 7 nitrogen and oxygen atoms in total. The zero-order valence-electron chi connectivity index (χ0n) is 25.1. The molecule has 228 valence electrons. The molecule has 1 saturated heterocycles. The molecule has 1 aliphatic rings. The Bertz CT molecular complexity index is 1790. The molecule has 6 rings (SSSR count). The third kappa shape index (κ3) is 7.55. The number of thiophene rings is 1. The third-order valence-corrected chi connectivity index (χ3v) is 10.1. The Hall–Kier alpha value is -4.20. The van der Waals surface area contributed by atoms with Crippen LogP contribution in [0.2, 0.25) is 0 Å². The number of thioether (sulfide) groups is 1. The van der Waals surface area contributed by atoms with E-state index >= 15 is 0 Å². The lowest BCUT2D eigenvalue weighted by Gasteiger charge is -2.29. The summed E-state index contributed by atoms with van der Waals surface area (Å²) in [5.74, 6) is 1.24. The van der Waals surface area contributed by atoms with E-state index in [9.17, 15) is 10.4 Å². The molecule has 1 aliphatic heterocycles. The van der Waals surface area contributed by atoms with Gasteiger partial charge in [0.05, 0.1) is 33.1 Å². The van der Waals surface area contributed by atoms with Crippen molar-refractivity contribution < 1.29 is 9.84 Å². The van der Waals surface area contributed by atoms with Crippen molar-refractivity contribution in [2.24, 2.45) is 0 Å². The number of piperidine rings is 1. The van der Waals surface area contributed by atoms with E-state index in [-0.39, 0.29) is 6.10 Å². The maximum absolute atomic E-state index is 10.2. The molecule has 0 amide bonds. The predicted molar refractivity (Wildman–Crippen MR) is 184 cm³/mol. The van der Waals surface area contributed by atoms with Crippen LogP contribution >= 0.6 is 23.1 Å².